The second-order valence-corrected chi connectivity index (χ2v) is 7.73. The molecule has 148 valence electrons. The minimum absolute atomic E-state index is 0.0860. The minimum atomic E-state index is -0.0860. The zero-order chi connectivity index (χ0) is 20.4. The lowest BCUT2D eigenvalue weighted by Crippen LogP contribution is -2.29. The van der Waals surface area contributed by atoms with Gasteiger partial charge in [-0.25, -0.2) is 9.20 Å². The normalized spacial score (nSPS) is 12.6. The number of pyridine rings is 1. The van der Waals surface area contributed by atoms with Crippen molar-refractivity contribution >= 4 is 5.52 Å². The van der Waals surface area contributed by atoms with Gasteiger partial charge < -0.3 is 4.90 Å². The maximum atomic E-state index is 12.4. The van der Waals surface area contributed by atoms with E-state index in [2.05, 4.69) is 11.8 Å². The molecule has 6 nitrogen and oxygen atoms in total. The second-order valence-electron chi connectivity index (χ2n) is 7.73. The lowest BCUT2D eigenvalue weighted by atomic mass is 10.0. The number of hydrogen-bond donors (Lipinski definition) is 0. The van der Waals surface area contributed by atoms with Crippen molar-refractivity contribution in [2.75, 3.05) is 20.6 Å². The highest BCUT2D eigenvalue weighted by atomic mass is 16.1. The summed E-state index contributed by atoms with van der Waals surface area (Å²) in [6, 6.07) is 19.4. The fourth-order valence-corrected chi connectivity index (χ4v) is 3.74. The predicted octanol–water partition coefficient (Wildman–Crippen LogP) is 3.42. The van der Waals surface area contributed by atoms with Gasteiger partial charge >= 0.3 is 0 Å². The van der Waals surface area contributed by atoms with Gasteiger partial charge in [-0.2, -0.15) is 10.2 Å². The Morgan fingerprint density at radius 2 is 1.72 bits per heavy atom. The first-order valence-electron chi connectivity index (χ1n) is 9.79. The summed E-state index contributed by atoms with van der Waals surface area (Å²) in [6.07, 6.45) is 1.93. The van der Waals surface area contributed by atoms with Crippen LogP contribution in [0.15, 0.2) is 71.7 Å². The molecule has 3 heterocycles. The van der Waals surface area contributed by atoms with E-state index in [-0.39, 0.29) is 5.56 Å². The largest absolute Gasteiger partial charge is 0.309 e. The minimum Gasteiger partial charge on any atom is -0.309 e. The summed E-state index contributed by atoms with van der Waals surface area (Å²) < 4.78 is 3.44. The molecule has 1 atom stereocenters. The average Bonchev–Trinajstić information content (AvgIpc) is 3.09. The Morgan fingerprint density at radius 3 is 2.48 bits per heavy atom. The van der Waals surface area contributed by atoms with Crippen molar-refractivity contribution in [1.29, 1.82) is 0 Å². The van der Waals surface area contributed by atoms with Crippen molar-refractivity contribution in [3.8, 4) is 22.5 Å². The van der Waals surface area contributed by atoms with Crippen LogP contribution in [0.25, 0.3) is 28.0 Å². The fourth-order valence-electron chi connectivity index (χ4n) is 3.74. The van der Waals surface area contributed by atoms with Crippen LogP contribution >= 0.6 is 0 Å². The van der Waals surface area contributed by atoms with Crippen molar-refractivity contribution in [3.05, 3.63) is 77.2 Å². The standard InChI is InChI=1S/C23H25N5O/c1-17(15-26(2)3)16-28-21(29)13-12-19(24-28)22-20-11-7-8-14-27(20)25-23(22)18-9-5-4-6-10-18/h4-14,17H,15-16H2,1-3H3. The van der Waals surface area contributed by atoms with E-state index in [1.54, 1.807) is 16.8 Å². The van der Waals surface area contributed by atoms with E-state index < -0.39 is 0 Å². The first kappa shape index (κ1) is 19.1. The van der Waals surface area contributed by atoms with Gasteiger partial charge in [-0.3, -0.25) is 4.79 Å². The number of hydrogen-bond acceptors (Lipinski definition) is 4. The SMILES string of the molecule is CC(CN(C)C)Cn1nc(-c2c(-c3ccccc3)nn3ccccc23)ccc1=O. The summed E-state index contributed by atoms with van der Waals surface area (Å²) in [6.45, 7) is 3.60. The molecular formula is C23H25N5O. The van der Waals surface area contributed by atoms with E-state index in [0.717, 1.165) is 34.6 Å². The van der Waals surface area contributed by atoms with Crippen LogP contribution in [0, 0.1) is 5.92 Å². The highest BCUT2D eigenvalue weighted by Crippen LogP contribution is 2.33. The molecule has 0 saturated heterocycles. The van der Waals surface area contributed by atoms with Crippen LogP contribution in [0.4, 0.5) is 0 Å². The molecular weight excluding hydrogens is 362 g/mol. The molecule has 0 aliphatic heterocycles. The van der Waals surface area contributed by atoms with Gasteiger partial charge in [-0.05, 0) is 38.2 Å². The van der Waals surface area contributed by atoms with Crippen molar-refractivity contribution in [2.45, 2.75) is 13.5 Å². The molecule has 0 N–H and O–H groups in total. The molecule has 4 aromatic rings. The fraction of sp³-hybridized carbons (Fsp3) is 0.261. The lowest BCUT2D eigenvalue weighted by Gasteiger charge is -2.17. The summed E-state index contributed by atoms with van der Waals surface area (Å²) in [5.41, 5.74) is 4.44. The summed E-state index contributed by atoms with van der Waals surface area (Å²) >= 11 is 0. The summed E-state index contributed by atoms with van der Waals surface area (Å²) in [5.74, 6) is 0.308. The molecule has 29 heavy (non-hydrogen) atoms. The Balaban J connectivity index is 1.85. The van der Waals surface area contributed by atoms with Gasteiger partial charge in [0.2, 0.25) is 0 Å². The molecule has 0 aliphatic rings. The van der Waals surface area contributed by atoms with Gasteiger partial charge in [0.15, 0.2) is 0 Å². The molecule has 6 heteroatoms. The average molecular weight is 387 g/mol. The van der Waals surface area contributed by atoms with Crippen molar-refractivity contribution in [2.24, 2.45) is 5.92 Å². The molecule has 1 aromatic carbocycles. The topological polar surface area (TPSA) is 55.4 Å². The van der Waals surface area contributed by atoms with Crippen LogP contribution in [0.5, 0.6) is 0 Å². The van der Waals surface area contributed by atoms with Crippen molar-refractivity contribution in [1.82, 2.24) is 24.3 Å². The van der Waals surface area contributed by atoms with E-state index in [1.807, 2.05) is 73.3 Å². The Bertz CT molecular complexity index is 1180. The smallest absolute Gasteiger partial charge is 0.266 e. The third-order valence-electron chi connectivity index (χ3n) is 4.87. The van der Waals surface area contributed by atoms with E-state index in [9.17, 15) is 4.79 Å². The monoisotopic (exact) mass is 387 g/mol. The van der Waals surface area contributed by atoms with Crippen LogP contribution < -0.4 is 5.56 Å². The summed E-state index contributed by atoms with van der Waals surface area (Å²) in [4.78, 5) is 14.6. The highest BCUT2D eigenvalue weighted by molar-refractivity contribution is 5.90. The van der Waals surface area contributed by atoms with Gasteiger partial charge in [-0.1, -0.05) is 43.3 Å². The molecule has 3 aromatic heterocycles. The maximum absolute atomic E-state index is 12.4. The highest BCUT2D eigenvalue weighted by Gasteiger charge is 2.18. The molecule has 0 spiro atoms. The van der Waals surface area contributed by atoms with Crippen LogP contribution in [0.2, 0.25) is 0 Å². The number of rotatable bonds is 6. The van der Waals surface area contributed by atoms with Crippen LogP contribution in [0.1, 0.15) is 6.92 Å². The molecule has 1 unspecified atom stereocenters. The Hall–Kier alpha value is -3.25. The third kappa shape index (κ3) is 3.98. The van der Waals surface area contributed by atoms with Crippen molar-refractivity contribution in [3.63, 3.8) is 0 Å². The summed E-state index contributed by atoms with van der Waals surface area (Å²) in [5, 5.41) is 9.52. The number of benzene rings is 1. The number of nitrogens with zero attached hydrogens (tertiary/aromatic N) is 5. The predicted molar refractivity (Wildman–Crippen MR) is 116 cm³/mol. The van der Waals surface area contributed by atoms with Crippen LogP contribution in [0.3, 0.4) is 0 Å². The third-order valence-corrected chi connectivity index (χ3v) is 4.87. The number of fused-ring (bicyclic) bond motifs is 1. The van der Waals surface area contributed by atoms with Gasteiger partial charge in [0.25, 0.3) is 5.56 Å². The Labute approximate surface area is 170 Å². The van der Waals surface area contributed by atoms with E-state index in [4.69, 9.17) is 10.2 Å². The van der Waals surface area contributed by atoms with Crippen LogP contribution in [-0.2, 0) is 6.54 Å². The first-order valence-corrected chi connectivity index (χ1v) is 9.79. The van der Waals surface area contributed by atoms with Gasteiger partial charge in [0.1, 0.15) is 5.69 Å². The van der Waals surface area contributed by atoms with Crippen molar-refractivity contribution < 1.29 is 0 Å². The lowest BCUT2D eigenvalue weighted by molar-refractivity contribution is 0.304. The number of aromatic nitrogens is 4. The van der Waals surface area contributed by atoms with Crippen LogP contribution in [-0.4, -0.2) is 44.9 Å². The molecule has 0 aliphatic carbocycles. The molecule has 0 bridgehead atoms. The molecule has 0 saturated carbocycles. The molecule has 0 fully saturated rings. The molecule has 0 radical (unpaired) electrons. The quantitative estimate of drug-likeness (QED) is 0.509. The van der Waals surface area contributed by atoms with E-state index in [1.165, 1.54) is 0 Å². The Kier molecular flexibility index (Phi) is 5.27. The zero-order valence-electron chi connectivity index (χ0n) is 17.0. The first-order chi connectivity index (χ1) is 14.0. The molecule has 4 rings (SSSR count). The molecule has 0 amide bonds. The second kappa shape index (κ2) is 8.01. The van der Waals surface area contributed by atoms with Gasteiger partial charge in [0, 0.05) is 30.9 Å². The van der Waals surface area contributed by atoms with E-state index >= 15 is 0 Å². The van der Waals surface area contributed by atoms with E-state index in [0.29, 0.717) is 12.5 Å². The van der Waals surface area contributed by atoms with Gasteiger partial charge in [0.05, 0.1) is 16.8 Å². The zero-order valence-corrected chi connectivity index (χ0v) is 17.0. The summed E-state index contributed by atoms with van der Waals surface area (Å²) in [7, 11) is 4.07. The Morgan fingerprint density at radius 1 is 0.966 bits per heavy atom. The maximum Gasteiger partial charge on any atom is 0.266 e. The van der Waals surface area contributed by atoms with Gasteiger partial charge in [-0.15, -0.1) is 0 Å².